The highest BCUT2D eigenvalue weighted by molar-refractivity contribution is 5.95. The predicted molar refractivity (Wildman–Crippen MR) is 101 cm³/mol. The number of ether oxygens (including phenoxy) is 1. The van der Waals surface area contributed by atoms with Crippen LogP contribution in [0.25, 0.3) is 0 Å². The number of benzene rings is 1. The van der Waals surface area contributed by atoms with Crippen molar-refractivity contribution in [1.29, 1.82) is 0 Å². The molecule has 1 fully saturated rings. The lowest BCUT2D eigenvalue weighted by Gasteiger charge is -2.34. The van der Waals surface area contributed by atoms with Gasteiger partial charge in [0.15, 0.2) is 5.78 Å². The van der Waals surface area contributed by atoms with E-state index in [0.29, 0.717) is 24.3 Å². The molecular formula is C18H26N4O5. The molecule has 2 N–H and O–H groups in total. The van der Waals surface area contributed by atoms with E-state index < -0.39 is 16.6 Å². The van der Waals surface area contributed by atoms with Crippen LogP contribution in [0.1, 0.15) is 50.9 Å². The number of nitro benzene ring substituents is 1. The van der Waals surface area contributed by atoms with E-state index in [1.54, 1.807) is 32.9 Å². The molecule has 1 amide bonds. The van der Waals surface area contributed by atoms with Crippen molar-refractivity contribution in [3.05, 3.63) is 33.9 Å². The Bertz CT molecular complexity index is 729. The number of nitrogens with one attached hydrogen (secondary N) is 2. The van der Waals surface area contributed by atoms with Crippen LogP contribution in [0.15, 0.2) is 18.2 Å². The molecule has 1 unspecified atom stereocenters. The minimum Gasteiger partial charge on any atom is -0.443 e. The van der Waals surface area contributed by atoms with Crippen LogP contribution in [0, 0.1) is 10.1 Å². The minimum absolute atomic E-state index is 0.0849. The Labute approximate surface area is 158 Å². The molecule has 1 saturated heterocycles. The van der Waals surface area contributed by atoms with Crippen molar-refractivity contribution in [2.45, 2.75) is 52.2 Å². The van der Waals surface area contributed by atoms with E-state index in [0.717, 1.165) is 12.8 Å². The van der Waals surface area contributed by atoms with Crippen molar-refractivity contribution < 1.29 is 19.2 Å². The second-order valence-electron chi connectivity index (χ2n) is 7.57. The van der Waals surface area contributed by atoms with Gasteiger partial charge in [-0.2, -0.15) is 0 Å². The lowest BCUT2D eigenvalue weighted by molar-refractivity contribution is -0.384. The third kappa shape index (κ3) is 5.92. The number of hydrogen-bond acceptors (Lipinski definition) is 7. The second-order valence-corrected chi connectivity index (χ2v) is 7.57. The first kappa shape index (κ1) is 20.6. The van der Waals surface area contributed by atoms with Crippen LogP contribution in [0.4, 0.5) is 16.2 Å². The summed E-state index contributed by atoms with van der Waals surface area (Å²) in [5, 5.41) is 11.4. The molecule has 148 valence electrons. The average molecular weight is 378 g/mol. The molecule has 0 saturated carbocycles. The zero-order valence-electron chi connectivity index (χ0n) is 16.1. The fraction of sp³-hybridized carbons (Fsp3) is 0.556. The number of ketones is 1. The summed E-state index contributed by atoms with van der Waals surface area (Å²) >= 11 is 0. The van der Waals surface area contributed by atoms with Crippen molar-refractivity contribution in [3.8, 4) is 0 Å². The normalized spacial score (nSPS) is 17.3. The molecule has 1 atom stereocenters. The molecule has 0 spiro atoms. The van der Waals surface area contributed by atoms with E-state index in [-0.39, 0.29) is 17.5 Å². The lowest BCUT2D eigenvalue weighted by Crippen LogP contribution is -2.53. The number of rotatable bonds is 5. The Kier molecular flexibility index (Phi) is 6.37. The maximum atomic E-state index is 11.8. The Morgan fingerprint density at radius 3 is 2.63 bits per heavy atom. The standard InChI is InChI=1S/C18H26N4O5/c1-12(23)13-7-8-15(16(10-13)22(25)26)21-9-5-6-14(11-21)19-20-17(24)27-18(2,3)4/h7-8,10,14,19H,5-6,9,11H2,1-4H3,(H,20,24). The molecule has 0 bridgehead atoms. The van der Waals surface area contributed by atoms with Crippen LogP contribution in [-0.2, 0) is 4.74 Å². The maximum Gasteiger partial charge on any atom is 0.422 e. The van der Waals surface area contributed by atoms with Crippen molar-refractivity contribution in [2.24, 2.45) is 0 Å². The van der Waals surface area contributed by atoms with Crippen LogP contribution in [0.3, 0.4) is 0 Å². The SMILES string of the molecule is CC(=O)c1ccc(N2CCCC(NNC(=O)OC(C)(C)C)C2)c([N+](=O)[O-])c1. The van der Waals surface area contributed by atoms with Gasteiger partial charge in [-0.05, 0) is 52.7 Å². The van der Waals surface area contributed by atoms with Gasteiger partial charge in [-0.15, -0.1) is 0 Å². The number of carbonyl (C=O) groups excluding carboxylic acids is 2. The van der Waals surface area contributed by atoms with Gasteiger partial charge in [-0.1, -0.05) is 0 Å². The van der Waals surface area contributed by atoms with Gasteiger partial charge in [0, 0.05) is 30.8 Å². The molecule has 0 aliphatic carbocycles. The summed E-state index contributed by atoms with van der Waals surface area (Å²) in [6.45, 7) is 7.85. The average Bonchev–Trinajstić information content (AvgIpc) is 2.58. The van der Waals surface area contributed by atoms with Crippen molar-refractivity contribution in [1.82, 2.24) is 10.9 Å². The minimum atomic E-state index is -0.594. The summed E-state index contributed by atoms with van der Waals surface area (Å²) in [7, 11) is 0. The van der Waals surface area contributed by atoms with Crippen molar-refractivity contribution in [2.75, 3.05) is 18.0 Å². The highest BCUT2D eigenvalue weighted by Crippen LogP contribution is 2.31. The van der Waals surface area contributed by atoms with Crippen LogP contribution >= 0.6 is 0 Å². The van der Waals surface area contributed by atoms with Gasteiger partial charge in [0.1, 0.15) is 11.3 Å². The molecule has 0 radical (unpaired) electrons. The lowest BCUT2D eigenvalue weighted by atomic mass is 10.0. The van der Waals surface area contributed by atoms with Crippen molar-refractivity contribution >= 4 is 23.3 Å². The molecule has 1 heterocycles. The van der Waals surface area contributed by atoms with Gasteiger partial charge in [0.2, 0.25) is 0 Å². The number of piperidine rings is 1. The van der Waals surface area contributed by atoms with Crippen LogP contribution in [0.2, 0.25) is 0 Å². The molecule has 2 rings (SSSR count). The molecule has 1 aromatic carbocycles. The third-order valence-corrected chi connectivity index (χ3v) is 4.12. The Morgan fingerprint density at radius 1 is 1.33 bits per heavy atom. The molecule has 0 aromatic heterocycles. The summed E-state index contributed by atoms with van der Waals surface area (Å²) in [6.07, 6.45) is 1.04. The number of anilines is 1. The van der Waals surface area contributed by atoms with Gasteiger partial charge in [0.25, 0.3) is 5.69 Å². The van der Waals surface area contributed by atoms with E-state index in [4.69, 9.17) is 4.74 Å². The third-order valence-electron chi connectivity index (χ3n) is 4.12. The van der Waals surface area contributed by atoms with E-state index in [1.807, 2.05) is 4.90 Å². The topological polar surface area (TPSA) is 114 Å². The first-order chi connectivity index (χ1) is 12.6. The first-order valence-electron chi connectivity index (χ1n) is 8.85. The van der Waals surface area contributed by atoms with E-state index in [9.17, 15) is 19.7 Å². The Balaban J connectivity index is 2.06. The predicted octanol–water partition coefficient (Wildman–Crippen LogP) is 2.80. The smallest absolute Gasteiger partial charge is 0.422 e. The Morgan fingerprint density at radius 2 is 2.04 bits per heavy atom. The molecule has 9 nitrogen and oxygen atoms in total. The van der Waals surface area contributed by atoms with Crippen LogP contribution in [-0.4, -0.2) is 41.5 Å². The molecule has 9 heteroatoms. The molecular weight excluding hydrogens is 352 g/mol. The van der Waals surface area contributed by atoms with Gasteiger partial charge >= 0.3 is 6.09 Å². The maximum absolute atomic E-state index is 11.8. The Hall–Kier alpha value is -2.68. The zero-order valence-corrected chi connectivity index (χ0v) is 16.1. The summed E-state index contributed by atoms with van der Waals surface area (Å²) < 4.78 is 5.18. The number of Topliss-reactive ketones (excluding diaryl/α,β-unsaturated/α-hetero) is 1. The highest BCUT2D eigenvalue weighted by Gasteiger charge is 2.27. The first-order valence-corrected chi connectivity index (χ1v) is 8.85. The largest absolute Gasteiger partial charge is 0.443 e. The molecule has 27 heavy (non-hydrogen) atoms. The van der Waals surface area contributed by atoms with E-state index in [1.165, 1.54) is 13.0 Å². The van der Waals surface area contributed by atoms with Gasteiger partial charge in [-0.25, -0.2) is 10.2 Å². The summed E-state index contributed by atoms with van der Waals surface area (Å²) in [5.41, 5.74) is 5.55. The van der Waals surface area contributed by atoms with E-state index >= 15 is 0 Å². The number of nitrogens with zero attached hydrogens (tertiary/aromatic N) is 2. The number of hydrogen-bond donors (Lipinski definition) is 2. The quantitative estimate of drug-likeness (QED) is 0.460. The van der Waals surface area contributed by atoms with Crippen molar-refractivity contribution in [3.63, 3.8) is 0 Å². The summed E-state index contributed by atoms with van der Waals surface area (Å²) in [4.78, 5) is 36.1. The number of nitro groups is 1. The number of amides is 1. The summed E-state index contributed by atoms with van der Waals surface area (Å²) in [6, 6.07) is 4.44. The monoisotopic (exact) mass is 378 g/mol. The van der Waals surface area contributed by atoms with Crippen LogP contribution in [0.5, 0.6) is 0 Å². The van der Waals surface area contributed by atoms with E-state index in [2.05, 4.69) is 10.9 Å². The number of carbonyl (C=O) groups is 2. The molecule has 1 aliphatic heterocycles. The van der Waals surface area contributed by atoms with Gasteiger partial charge < -0.3 is 9.64 Å². The molecule has 1 aliphatic rings. The van der Waals surface area contributed by atoms with Crippen LogP contribution < -0.4 is 15.8 Å². The van der Waals surface area contributed by atoms with Gasteiger partial charge in [0.05, 0.1) is 4.92 Å². The fourth-order valence-electron chi connectivity index (χ4n) is 2.93. The second kappa shape index (κ2) is 8.34. The van der Waals surface area contributed by atoms with Gasteiger partial charge in [-0.3, -0.25) is 20.3 Å². The summed E-state index contributed by atoms with van der Waals surface area (Å²) in [5.74, 6) is -0.218. The zero-order chi connectivity index (χ0) is 20.2. The molecule has 1 aromatic rings. The highest BCUT2D eigenvalue weighted by atomic mass is 16.6. The fourth-order valence-corrected chi connectivity index (χ4v) is 2.93. The number of hydrazine groups is 1.